The molecule has 1 fully saturated rings. The van der Waals surface area contributed by atoms with Gasteiger partial charge >= 0.3 is 0 Å². The first-order valence-electron chi connectivity index (χ1n) is 10.3. The van der Waals surface area contributed by atoms with Gasteiger partial charge in [0, 0.05) is 54.5 Å². The number of rotatable bonds is 2. The number of piperazine rings is 1. The maximum Gasteiger partial charge on any atom is 0.259 e. The van der Waals surface area contributed by atoms with Gasteiger partial charge in [-0.2, -0.15) is 0 Å². The van der Waals surface area contributed by atoms with Crippen LogP contribution in [0.4, 0.5) is 11.4 Å². The maximum absolute atomic E-state index is 13.3. The predicted octanol–water partition coefficient (Wildman–Crippen LogP) is 5.10. The lowest BCUT2D eigenvalue weighted by Gasteiger charge is -2.34. The molecule has 6 heteroatoms. The van der Waals surface area contributed by atoms with E-state index in [1.165, 1.54) is 22.0 Å². The second-order valence-corrected chi connectivity index (χ2v) is 8.94. The summed E-state index contributed by atoms with van der Waals surface area (Å²) >= 11 is 12.3. The van der Waals surface area contributed by atoms with Crippen LogP contribution in [-0.2, 0) is 6.42 Å². The fourth-order valence-corrected chi connectivity index (χ4v) is 4.98. The number of benzene rings is 3. The standard InChI is InChI=1S/C24H23Cl2N3O/c1-27-9-11-28(12-10-27)22-4-2-3-16-13-17-7-8-29(23(17)15-20(16)22)24(30)19-6-5-18(25)14-21(19)26/h2-6,13-15H,7-12H2,1H3. The van der Waals surface area contributed by atoms with Crippen molar-refractivity contribution < 1.29 is 4.79 Å². The summed E-state index contributed by atoms with van der Waals surface area (Å²) in [4.78, 5) is 19.9. The Labute approximate surface area is 186 Å². The van der Waals surface area contributed by atoms with Crippen molar-refractivity contribution in [2.45, 2.75) is 6.42 Å². The molecular weight excluding hydrogens is 417 g/mol. The van der Waals surface area contributed by atoms with Crippen molar-refractivity contribution >= 4 is 51.3 Å². The fourth-order valence-electron chi connectivity index (χ4n) is 4.49. The number of likely N-dealkylation sites (N-methyl/N-ethyl adjacent to an activating group) is 1. The summed E-state index contributed by atoms with van der Waals surface area (Å²) in [6.45, 7) is 4.79. The van der Waals surface area contributed by atoms with E-state index in [0.717, 1.165) is 38.3 Å². The molecule has 30 heavy (non-hydrogen) atoms. The Balaban J connectivity index is 1.55. The molecule has 0 aliphatic carbocycles. The summed E-state index contributed by atoms with van der Waals surface area (Å²) in [5.74, 6) is -0.0770. The molecule has 0 radical (unpaired) electrons. The minimum Gasteiger partial charge on any atom is -0.368 e. The second kappa shape index (κ2) is 7.77. The van der Waals surface area contributed by atoms with E-state index in [1.54, 1.807) is 18.2 Å². The van der Waals surface area contributed by atoms with Crippen molar-refractivity contribution in [1.29, 1.82) is 0 Å². The van der Waals surface area contributed by atoms with Gasteiger partial charge < -0.3 is 14.7 Å². The van der Waals surface area contributed by atoms with Crippen LogP contribution in [0.1, 0.15) is 15.9 Å². The van der Waals surface area contributed by atoms with E-state index in [2.05, 4.69) is 47.2 Å². The van der Waals surface area contributed by atoms with E-state index < -0.39 is 0 Å². The molecule has 0 spiro atoms. The predicted molar refractivity (Wildman–Crippen MR) is 126 cm³/mol. The number of carbonyl (C=O) groups is 1. The lowest BCUT2D eigenvalue weighted by Crippen LogP contribution is -2.44. The second-order valence-electron chi connectivity index (χ2n) is 8.10. The van der Waals surface area contributed by atoms with Crippen molar-refractivity contribution in [1.82, 2.24) is 4.90 Å². The first kappa shape index (κ1) is 19.7. The largest absolute Gasteiger partial charge is 0.368 e. The lowest BCUT2D eigenvalue weighted by atomic mass is 10.0. The number of anilines is 2. The SMILES string of the molecule is CN1CCN(c2cccc3cc4c(cc23)N(C(=O)c2ccc(Cl)cc2Cl)CC4)CC1. The van der Waals surface area contributed by atoms with E-state index in [-0.39, 0.29) is 5.91 Å². The Hall–Kier alpha value is -2.27. The van der Waals surface area contributed by atoms with Gasteiger partial charge in [0.25, 0.3) is 5.91 Å². The summed E-state index contributed by atoms with van der Waals surface area (Å²) in [5, 5.41) is 3.34. The first-order chi connectivity index (χ1) is 14.5. The Bertz CT molecular complexity index is 1140. The number of amides is 1. The van der Waals surface area contributed by atoms with E-state index in [0.29, 0.717) is 22.2 Å². The molecule has 1 saturated heterocycles. The van der Waals surface area contributed by atoms with Crippen molar-refractivity contribution in [3.05, 3.63) is 69.7 Å². The molecule has 3 aromatic rings. The minimum atomic E-state index is -0.0770. The van der Waals surface area contributed by atoms with Crippen molar-refractivity contribution in [3.63, 3.8) is 0 Å². The third kappa shape index (κ3) is 3.43. The van der Waals surface area contributed by atoms with Crippen molar-refractivity contribution in [2.75, 3.05) is 49.6 Å². The number of carbonyl (C=O) groups excluding carboxylic acids is 1. The minimum absolute atomic E-state index is 0.0770. The first-order valence-corrected chi connectivity index (χ1v) is 11.0. The van der Waals surface area contributed by atoms with Crippen LogP contribution >= 0.6 is 23.2 Å². The molecule has 5 rings (SSSR count). The Kier molecular flexibility index (Phi) is 5.10. The molecule has 0 unspecified atom stereocenters. The van der Waals surface area contributed by atoms with Gasteiger partial charge in [-0.05, 0) is 60.8 Å². The Morgan fingerprint density at radius 2 is 1.70 bits per heavy atom. The summed E-state index contributed by atoms with van der Waals surface area (Å²) in [6, 6.07) is 16.0. The number of hydrogen-bond acceptors (Lipinski definition) is 3. The quantitative estimate of drug-likeness (QED) is 0.555. The van der Waals surface area contributed by atoms with Crippen LogP contribution in [0.3, 0.4) is 0 Å². The highest BCUT2D eigenvalue weighted by Gasteiger charge is 2.28. The fraction of sp³-hybridized carbons (Fsp3) is 0.292. The summed E-state index contributed by atoms with van der Waals surface area (Å²) < 4.78 is 0. The molecule has 0 atom stereocenters. The molecule has 2 heterocycles. The van der Waals surface area contributed by atoms with Crippen LogP contribution in [0.25, 0.3) is 10.8 Å². The van der Waals surface area contributed by atoms with Gasteiger partial charge in [-0.3, -0.25) is 4.79 Å². The van der Waals surface area contributed by atoms with Gasteiger partial charge in [-0.1, -0.05) is 35.3 Å². The zero-order valence-corrected chi connectivity index (χ0v) is 18.4. The number of halogens is 2. The number of fused-ring (bicyclic) bond motifs is 2. The maximum atomic E-state index is 13.3. The summed E-state index contributed by atoms with van der Waals surface area (Å²) in [7, 11) is 2.17. The molecule has 3 aromatic carbocycles. The Morgan fingerprint density at radius 1 is 0.900 bits per heavy atom. The zero-order chi connectivity index (χ0) is 20.8. The van der Waals surface area contributed by atoms with E-state index >= 15 is 0 Å². The lowest BCUT2D eigenvalue weighted by molar-refractivity contribution is 0.0989. The Morgan fingerprint density at radius 3 is 2.47 bits per heavy atom. The molecule has 0 bridgehead atoms. The van der Waals surface area contributed by atoms with Gasteiger partial charge in [0.15, 0.2) is 0 Å². The molecule has 0 N–H and O–H groups in total. The van der Waals surface area contributed by atoms with Gasteiger partial charge in [-0.15, -0.1) is 0 Å². The molecule has 2 aliphatic rings. The molecule has 4 nitrogen and oxygen atoms in total. The van der Waals surface area contributed by atoms with Gasteiger partial charge in [-0.25, -0.2) is 0 Å². The average molecular weight is 440 g/mol. The third-order valence-corrected chi connectivity index (χ3v) is 6.75. The van der Waals surface area contributed by atoms with Crippen LogP contribution in [0.2, 0.25) is 10.0 Å². The van der Waals surface area contributed by atoms with Crippen LogP contribution in [0, 0.1) is 0 Å². The normalized spacial score (nSPS) is 16.9. The van der Waals surface area contributed by atoms with Gasteiger partial charge in [0.05, 0.1) is 10.6 Å². The summed E-state index contributed by atoms with van der Waals surface area (Å²) in [6.07, 6.45) is 0.848. The molecule has 0 aromatic heterocycles. The zero-order valence-electron chi connectivity index (χ0n) is 16.9. The monoisotopic (exact) mass is 439 g/mol. The van der Waals surface area contributed by atoms with Crippen LogP contribution in [0.15, 0.2) is 48.5 Å². The highest BCUT2D eigenvalue weighted by atomic mass is 35.5. The van der Waals surface area contributed by atoms with Crippen molar-refractivity contribution in [2.24, 2.45) is 0 Å². The van der Waals surface area contributed by atoms with E-state index in [9.17, 15) is 4.79 Å². The van der Waals surface area contributed by atoms with E-state index in [4.69, 9.17) is 23.2 Å². The molecule has 2 aliphatic heterocycles. The molecule has 154 valence electrons. The molecule has 1 amide bonds. The topological polar surface area (TPSA) is 26.8 Å². The summed E-state index contributed by atoms with van der Waals surface area (Å²) in [5.41, 5.74) is 3.92. The van der Waals surface area contributed by atoms with Crippen molar-refractivity contribution in [3.8, 4) is 0 Å². The third-order valence-electron chi connectivity index (χ3n) is 6.20. The van der Waals surface area contributed by atoms with Crippen LogP contribution in [-0.4, -0.2) is 50.6 Å². The highest BCUT2D eigenvalue weighted by Crippen LogP contribution is 2.38. The van der Waals surface area contributed by atoms with Crippen LogP contribution in [0.5, 0.6) is 0 Å². The molecule has 0 saturated carbocycles. The van der Waals surface area contributed by atoms with Gasteiger partial charge in [0.2, 0.25) is 0 Å². The number of nitrogens with zero attached hydrogens (tertiary/aromatic N) is 3. The van der Waals surface area contributed by atoms with Crippen LogP contribution < -0.4 is 9.80 Å². The average Bonchev–Trinajstić information content (AvgIpc) is 3.15. The number of hydrogen-bond donors (Lipinski definition) is 0. The molecular formula is C24H23Cl2N3O. The van der Waals surface area contributed by atoms with Gasteiger partial charge in [0.1, 0.15) is 0 Å². The highest BCUT2D eigenvalue weighted by molar-refractivity contribution is 6.37. The van der Waals surface area contributed by atoms with E-state index in [1.807, 2.05) is 4.90 Å². The smallest absolute Gasteiger partial charge is 0.259 e.